The van der Waals surface area contributed by atoms with Crippen LogP contribution in [0, 0.1) is 12.3 Å². The zero-order valence-corrected chi connectivity index (χ0v) is 12.7. The molecule has 0 spiro atoms. The molecule has 0 saturated carbocycles. The molecule has 24 heavy (non-hydrogen) atoms. The average Bonchev–Trinajstić information content (AvgIpc) is 3.11. The highest BCUT2D eigenvalue weighted by Gasteiger charge is 2.39. The van der Waals surface area contributed by atoms with Gasteiger partial charge in [0.05, 0.1) is 6.54 Å². The Morgan fingerprint density at radius 2 is 2.08 bits per heavy atom. The summed E-state index contributed by atoms with van der Waals surface area (Å²) < 4.78 is 0. The van der Waals surface area contributed by atoms with Crippen LogP contribution in [0.1, 0.15) is 22.6 Å². The summed E-state index contributed by atoms with van der Waals surface area (Å²) in [6.45, 7) is -0.0317. The molecule has 2 rings (SSSR count). The van der Waals surface area contributed by atoms with Gasteiger partial charge in [0, 0.05) is 18.4 Å². The van der Waals surface area contributed by atoms with Gasteiger partial charge in [0.25, 0.3) is 5.91 Å². The van der Waals surface area contributed by atoms with Gasteiger partial charge in [-0.2, -0.15) is 0 Å². The maximum Gasteiger partial charge on any atom is 0.344 e. The van der Waals surface area contributed by atoms with Gasteiger partial charge in [0.15, 0.2) is 5.66 Å². The van der Waals surface area contributed by atoms with Crippen molar-refractivity contribution in [2.75, 3.05) is 6.54 Å². The van der Waals surface area contributed by atoms with Gasteiger partial charge in [-0.1, -0.05) is 24.1 Å². The molecule has 0 fully saturated rings. The molecule has 9 nitrogen and oxygen atoms in total. The molecule has 1 heterocycles. The van der Waals surface area contributed by atoms with E-state index in [9.17, 15) is 14.7 Å². The second-order valence-corrected chi connectivity index (χ2v) is 4.94. The van der Waals surface area contributed by atoms with Crippen LogP contribution in [0.5, 0.6) is 0 Å². The molecule has 1 aromatic heterocycles. The number of aliphatic carboxylic acids is 1. The van der Waals surface area contributed by atoms with E-state index in [1.807, 2.05) is 0 Å². The summed E-state index contributed by atoms with van der Waals surface area (Å²) in [6.07, 6.45) is 5.41. The minimum absolute atomic E-state index is 0.000535. The van der Waals surface area contributed by atoms with E-state index < -0.39 is 17.5 Å². The molecule has 1 aromatic carbocycles. The second-order valence-electron chi connectivity index (χ2n) is 4.94. The van der Waals surface area contributed by atoms with Gasteiger partial charge in [-0.3, -0.25) is 10.1 Å². The number of rotatable bonds is 8. The van der Waals surface area contributed by atoms with Crippen LogP contribution in [0.4, 0.5) is 0 Å². The van der Waals surface area contributed by atoms with E-state index in [-0.39, 0.29) is 19.4 Å². The predicted molar refractivity (Wildman–Crippen MR) is 83.6 cm³/mol. The van der Waals surface area contributed by atoms with Gasteiger partial charge in [-0.05, 0) is 22.6 Å². The van der Waals surface area contributed by atoms with Gasteiger partial charge in [0.2, 0.25) is 0 Å². The lowest BCUT2D eigenvalue weighted by Crippen LogP contribution is -2.64. The van der Waals surface area contributed by atoms with Crippen LogP contribution in [0.15, 0.2) is 30.3 Å². The van der Waals surface area contributed by atoms with Crippen molar-refractivity contribution in [3.8, 4) is 12.3 Å². The fraction of sp³-hybridized carbons (Fsp3) is 0.267. The lowest BCUT2D eigenvalue weighted by molar-refractivity contribution is -0.146. The first-order valence-corrected chi connectivity index (χ1v) is 7.09. The number of aryl methyl sites for hydroxylation is 1. The number of carboxylic acids is 1. The SMILES string of the molecule is C#CCNC(CCc1nnn[nH]1)(NC(=O)c1ccccc1)C(=O)O. The zero-order chi connectivity index (χ0) is 17.4. The third-order valence-corrected chi connectivity index (χ3v) is 3.35. The van der Waals surface area contributed by atoms with Gasteiger partial charge >= 0.3 is 5.97 Å². The Hall–Kier alpha value is -3.25. The fourth-order valence-corrected chi connectivity index (χ4v) is 2.08. The normalized spacial score (nSPS) is 12.8. The van der Waals surface area contributed by atoms with Gasteiger partial charge in [-0.25, -0.2) is 9.89 Å². The van der Waals surface area contributed by atoms with Crippen molar-refractivity contribution in [1.29, 1.82) is 0 Å². The molecule has 124 valence electrons. The number of hydrogen-bond acceptors (Lipinski definition) is 6. The van der Waals surface area contributed by atoms with E-state index >= 15 is 0 Å². The highest BCUT2D eigenvalue weighted by Crippen LogP contribution is 2.12. The summed E-state index contributed by atoms with van der Waals surface area (Å²) >= 11 is 0. The number of terminal acetylenes is 1. The number of benzene rings is 1. The van der Waals surface area contributed by atoms with E-state index in [0.29, 0.717) is 11.4 Å². The Morgan fingerprint density at radius 1 is 1.33 bits per heavy atom. The van der Waals surface area contributed by atoms with Crippen molar-refractivity contribution < 1.29 is 14.7 Å². The minimum Gasteiger partial charge on any atom is -0.478 e. The van der Waals surface area contributed by atoms with Crippen molar-refractivity contribution >= 4 is 11.9 Å². The van der Waals surface area contributed by atoms with Crippen molar-refractivity contribution in [3.63, 3.8) is 0 Å². The third-order valence-electron chi connectivity index (χ3n) is 3.35. The first kappa shape index (κ1) is 17.1. The Morgan fingerprint density at radius 3 is 2.67 bits per heavy atom. The number of nitrogens with one attached hydrogen (secondary N) is 3. The fourth-order valence-electron chi connectivity index (χ4n) is 2.08. The number of H-pyrrole nitrogens is 1. The molecule has 0 aliphatic rings. The molecule has 0 bridgehead atoms. The van der Waals surface area contributed by atoms with E-state index in [1.54, 1.807) is 30.3 Å². The minimum atomic E-state index is -1.74. The summed E-state index contributed by atoms with van der Waals surface area (Å²) in [5, 5.41) is 28.0. The number of carbonyl (C=O) groups excluding carboxylic acids is 1. The van der Waals surface area contributed by atoms with Crippen LogP contribution < -0.4 is 10.6 Å². The topological polar surface area (TPSA) is 133 Å². The molecular formula is C15H16N6O3. The molecule has 4 N–H and O–H groups in total. The molecule has 1 amide bonds. The molecule has 0 radical (unpaired) electrons. The summed E-state index contributed by atoms with van der Waals surface area (Å²) in [5.41, 5.74) is -1.40. The van der Waals surface area contributed by atoms with E-state index in [0.717, 1.165) is 0 Å². The summed E-state index contributed by atoms with van der Waals surface area (Å²) in [5.74, 6) is 0.926. The van der Waals surface area contributed by atoms with Gasteiger partial charge < -0.3 is 10.4 Å². The molecule has 1 unspecified atom stereocenters. The molecule has 2 aromatic rings. The Bertz CT molecular complexity index is 725. The van der Waals surface area contributed by atoms with Crippen molar-refractivity contribution in [2.45, 2.75) is 18.5 Å². The lowest BCUT2D eigenvalue weighted by Gasteiger charge is -2.30. The molecule has 0 saturated heterocycles. The number of aromatic nitrogens is 4. The quantitative estimate of drug-likeness (QED) is 0.381. The number of carbonyl (C=O) groups is 2. The number of tetrazole rings is 1. The second kappa shape index (κ2) is 7.85. The van der Waals surface area contributed by atoms with E-state index in [1.165, 1.54) is 0 Å². The molecular weight excluding hydrogens is 312 g/mol. The maximum absolute atomic E-state index is 12.4. The van der Waals surface area contributed by atoms with Crippen molar-refractivity contribution in [3.05, 3.63) is 41.7 Å². The predicted octanol–water partition coefficient (Wildman–Crippen LogP) is -0.434. The van der Waals surface area contributed by atoms with Crippen LogP contribution in [0.25, 0.3) is 0 Å². The van der Waals surface area contributed by atoms with Gasteiger partial charge in [0.1, 0.15) is 5.82 Å². The largest absolute Gasteiger partial charge is 0.478 e. The molecule has 1 atom stereocenters. The monoisotopic (exact) mass is 328 g/mol. The zero-order valence-electron chi connectivity index (χ0n) is 12.7. The highest BCUT2D eigenvalue weighted by atomic mass is 16.4. The summed E-state index contributed by atoms with van der Waals surface area (Å²) in [6, 6.07) is 8.31. The number of amides is 1. The maximum atomic E-state index is 12.4. The molecule has 0 aliphatic carbocycles. The van der Waals surface area contributed by atoms with Crippen LogP contribution in [-0.2, 0) is 11.2 Å². The van der Waals surface area contributed by atoms with Crippen LogP contribution in [-0.4, -0.2) is 49.8 Å². The van der Waals surface area contributed by atoms with E-state index in [4.69, 9.17) is 6.42 Å². The number of hydrogen-bond donors (Lipinski definition) is 4. The Balaban J connectivity index is 2.21. The highest BCUT2D eigenvalue weighted by molar-refractivity contribution is 5.97. The smallest absolute Gasteiger partial charge is 0.344 e. The van der Waals surface area contributed by atoms with Crippen LogP contribution in [0.3, 0.4) is 0 Å². The average molecular weight is 328 g/mol. The Labute approximate surface area is 137 Å². The summed E-state index contributed by atoms with van der Waals surface area (Å²) in [7, 11) is 0. The van der Waals surface area contributed by atoms with E-state index in [2.05, 4.69) is 37.2 Å². The first-order chi connectivity index (χ1) is 11.6. The molecule has 9 heteroatoms. The lowest BCUT2D eigenvalue weighted by atomic mass is 10.0. The molecule has 0 aliphatic heterocycles. The standard InChI is InChI=1S/C15H16N6O3/c1-2-10-16-15(14(23)24,9-8-12-18-20-21-19-12)17-13(22)11-6-4-3-5-7-11/h1,3-7,16H,8-10H2,(H,17,22)(H,23,24)(H,18,19,20,21). The summed E-state index contributed by atoms with van der Waals surface area (Å²) in [4.78, 5) is 24.2. The first-order valence-electron chi connectivity index (χ1n) is 7.09. The van der Waals surface area contributed by atoms with Crippen LogP contribution in [0.2, 0.25) is 0 Å². The Kier molecular flexibility index (Phi) is 5.59. The number of carboxylic acid groups (broad SMARTS) is 1. The van der Waals surface area contributed by atoms with Crippen LogP contribution >= 0.6 is 0 Å². The number of nitrogens with zero attached hydrogens (tertiary/aromatic N) is 3. The number of aromatic amines is 1. The van der Waals surface area contributed by atoms with Crippen molar-refractivity contribution in [2.24, 2.45) is 0 Å². The third kappa shape index (κ3) is 4.15. The van der Waals surface area contributed by atoms with Crippen molar-refractivity contribution in [1.82, 2.24) is 31.3 Å². The van der Waals surface area contributed by atoms with Gasteiger partial charge in [-0.15, -0.1) is 11.5 Å².